The van der Waals surface area contributed by atoms with Gasteiger partial charge >= 0.3 is 5.97 Å². The number of hydrogen-bond donors (Lipinski definition) is 2. The number of rotatable bonds is 2. The molecule has 1 aliphatic rings. The van der Waals surface area contributed by atoms with E-state index in [0.29, 0.717) is 6.54 Å². The number of esters is 1. The molecule has 2 N–H and O–H groups in total. The van der Waals surface area contributed by atoms with Gasteiger partial charge in [0.2, 0.25) is 0 Å². The van der Waals surface area contributed by atoms with Crippen molar-refractivity contribution in [3.63, 3.8) is 0 Å². The molecule has 0 amide bonds. The Hall–Kier alpha value is -1.55. The van der Waals surface area contributed by atoms with Crippen LogP contribution in [0.25, 0.3) is 0 Å². The van der Waals surface area contributed by atoms with Gasteiger partial charge in [0.1, 0.15) is 5.75 Å². The largest absolute Gasteiger partial charge is 0.508 e. The van der Waals surface area contributed by atoms with Crippen molar-refractivity contribution in [2.75, 3.05) is 20.2 Å². The van der Waals surface area contributed by atoms with Crippen molar-refractivity contribution in [2.45, 2.75) is 5.92 Å². The Balaban J connectivity index is 2.23. The first kappa shape index (κ1) is 11.0. The number of hydrogen-bond acceptors (Lipinski definition) is 4. The second-order valence-electron chi connectivity index (χ2n) is 3.99. The number of carbonyl (C=O) groups is 1. The van der Waals surface area contributed by atoms with Gasteiger partial charge in [-0.05, 0) is 17.7 Å². The Kier molecular flexibility index (Phi) is 3.10. The molecule has 1 heterocycles. The summed E-state index contributed by atoms with van der Waals surface area (Å²) in [6.07, 6.45) is 0. The molecule has 0 aliphatic carbocycles. The zero-order valence-corrected chi connectivity index (χ0v) is 9.14. The summed E-state index contributed by atoms with van der Waals surface area (Å²) in [7, 11) is 1.40. The van der Waals surface area contributed by atoms with E-state index in [4.69, 9.17) is 4.74 Å². The fourth-order valence-corrected chi connectivity index (χ4v) is 2.18. The van der Waals surface area contributed by atoms with Gasteiger partial charge < -0.3 is 15.2 Å². The monoisotopic (exact) mass is 221 g/mol. The molecule has 2 rings (SSSR count). The second-order valence-corrected chi connectivity index (χ2v) is 3.99. The predicted octanol–water partition coefficient (Wildman–Crippen LogP) is 0.868. The van der Waals surface area contributed by atoms with Crippen molar-refractivity contribution in [1.82, 2.24) is 5.32 Å². The SMILES string of the molecule is COC(=O)[C@@H]1CNC[C@H]1c1cccc(O)c1. The zero-order valence-electron chi connectivity index (χ0n) is 9.14. The van der Waals surface area contributed by atoms with Crippen molar-refractivity contribution in [2.24, 2.45) is 5.92 Å². The lowest BCUT2D eigenvalue weighted by Gasteiger charge is -2.16. The van der Waals surface area contributed by atoms with Crippen LogP contribution in [0.2, 0.25) is 0 Å². The maximum atomic E-state index is 11.6. The lowest BCUT2D eigenvalue weighted by atomic mass is 9.89. The van der Waals surface area contributed by atoms with Gasteiger partial charge in [-0.2, -0.15) is 0 Å². The van der Waals surface area contributed by atoms with Crippen LogP contribution in [-0.2, 0) is 9.53 Å². The van der Waals surface area contributed by atoms with E-state index in [0.717, 1.165) is 12.1 Å². The lowest BCUT2D eigenvalue weighted by Crippen LogP contribution is -2.22. The summed E-state index contributed by atoms with van der Waals surface area (Å²) < 4.78 is 4.77. The molecular formula is C12H15NO3. The number of benzene rings is 1. The van der Waals surface area contributed by atoms with Gasteiger partial charge in [0.25, 0.3) is 0 Å². The first-order chi connectivity index (χ1) is 7.72. The van der Waals surface area contributed by atoms with Crippen LogP contribution in [0, 0.1) is 5.92 Å². The zero-order chi connectivity index (χ0) is 11.5. The summed E-state index contributed by atoms with van der Waals surface area (Å²) in [5, 5.41) is 12.6. The van der Waals surface area contributed by atoms with Crippen molar-refractivity contribution < 1.29 is 14.6 Å². The lowest BCUT2D eigenvalue weighted by molar-refractivity contribution is -0.145. The van der Waals surface area contributed by atoms with Gasteiger partial charge in [0.15, 0.2) is 0 Å². The van der Waals surface area contributed by atoms with Crippen LogP contribution in [-0.4, -0.2) is 31.3 Å². The quantitative estimate of drug-likeness (QED) is 0.727. The highest BCUT2D eigenvalue weighted by Gasteiger charge is 2.34. The molecule has 1 aromatic rings. The number of aromatic hydroxyl groups is 1. The normalized spacial score (nSPS) is 24.3. The Bertz CT molecular complexity index is 392. The summed E-state index contributed by atoms with van der Waals surface area (Å²) in [6.45, 7) is 1.37. The third kappa shape index (κ3) is 2.02. The Labute approximate surface area is 94.2 Å². The standard InChI is InChI=1S/C12H15NO3/c1-16-12(15)11-7-13-6-10(11)8-3-2-4-9(14)5-8/h2-5,10-11,13-14H,6-7H2,1H3/t10-,11+/m0/s1. The van der Waals surface area contributed by atoms with Crippen LogP contribution in [0.4, 0.5) is 0 Å². The van der Waals surface area contributed by atoms with Gasteiger partial charge in [-0.1, -0.05) is 12.1 Å². The molecule has 1 aromatic carbocycles. The molecule has 0 bridgehead atoms. The first-order valence-corrected chi connectivity index (χ1v) is 5.30. The fraction of sp³-hybridized carbons (Fsp3) is 0.417. The number of phenolic OH excluding ortho intramolecular Hbond substituents is 1. The van der Waals surface area contributed by atoms with E-state index in [2.05, 4.69) is 5.32 Å². The van der Waals surface area contributed by atoms with Gasteiger partial charge in [-0.3, -0.25) is 4.79 Å². The predicted molar refractivity (Wildman–Crippen MR) is 59.2 cm³/mol. The highest BCUT2D eigenvalue weighted by molar-refractivity contribution is 5.74. The van der Waals surface area contributed by atoms with Crippen molar-refractivity contribution in [3.8, 4) is 5.75 Å². The maximum Gasteiger partial charge on any atom is 0.310 e. The minimum absolute atomic E-state index is 0.0829. The van der Waals surface area contributed by atoms with E-state index in [1.54, 1.807) is 18.2 Å². The number of phenols is 1. The van der Waals surface area contributed by atoms with Gasteiger partial charge in [-0.15, -0.1) is 0 Å². The Morgan fingerprint density at radius 1 is 1.50 bits per heavy atom. The number of ether oxygens (including phenoxy) is 1. The molecule has 1 fully saturated rings. The molecular weight excluding hydrogens is 206 g/mol. The molecule has 4 nitrogen and oxygen atoms in total. The van der Waals surface area contributed by atoms with Gasteiger partial charge in [-0.25, -0.2) is 0 Å². The molecule has 86 valence electrons. The molecule has 0 spiro atoms. The number of carbonyl (C=O) groups excluding carboxylic acids is 1. The van der Waals surface area contributed by atoms with E-state index in [1.165, 1.54) is 7.11 Å². The van der Waals surface area contributed by atoms with E-state index < -0.39 is 0 Å². The molecule has 0 saturated carbocycles. The summed E-state index contributed by atoms with van der Waals surface area (Å²) in [4.78, 5) is 11.6. The first-order valence-electron chi connectivity index (χ1n) is 5.30. The molecule has 2 atom stereocenters. The van der Waals surface area contributed by atoms with Crippen LogP contribution in [0.5, 0.6) is 5.75 Å². The Morgan fingerprint density at radius 3 is 3.00 bits per heavy atom. The van der Waals surface area contributed by atoms with Crippen LogP contribution in [0.1, 0.15) is 11.5 Å². The van der Waals surface area contributed by atoms with Crippen molar-refractivity contribution >= 4 is 5.97 Å². The van der Waals surface area contributed by atoms with E-state index >= 15 is 0 Å². The second kappa shape index (κ2) is 4.53. The Morgan fingerprint density at radius 2 is 2.31 bits per heavy atom. The van der Waals surface area contributed by atoms with Crippen LogP contribution < -0.4 is 5.32 Å². The minimum atomic E-state index is -0.196. The fourth-order valence-electron chi connectivity index (χ4n) is 2.18. The summed E-state index contributed by atoms with van der Waals surface area (Å²) in [5.74, 6) is -0.0438. The average Bonchev–Trinajstić information content (AvgIpc) is 2.77. The average molecular weight is 221 g/mol. The third-order valence-electron chi connectivity index (χ3n) is 3.02. The third-order valence-corrected chi connectivity index (χ3v) is 3.02. The van der Waals surface area contributed by atoms with Gasteiger partial charge in [0.05, 0.1) is 13.0 Å². The van der Waals surface area contributed by atoms with Crippen LogP contribution in [0.15, 0.2) is 24.3 Å². The van der Waals surface area contributed by atoms with Crippen molar-refractivity contribution in [3.05, 3.63) is 29.8 Å². The molecule has 1 saturated heterocycles. The number of nitrogens with one attached hydrogen (secondary N) is 1. The maximum absolute atomic E-state index is 11.6. The molecule has 4 heteroatoms. The topological polar surface area (TPSA) is 58.6 Å². The molecule has 0 radical (unpaired) electrons. The van der Waals surface area contributed by atoms with Crippen molar-refractivity contribution in [1.29, 1.82) is 0 Å². The van der Waals surface area contributed by atoms with Crippen LogP contribution >= 0.6 is 0 Å². The van der Waals surface area contributed by atoms with Gasteiger partial charge in [0, 0.05) is 19.0 Å². The molecule has 1 aliphatic heterocycles. The number of methoxy groups -OCH3 is 1. The summed E-state index contributed by atoms with van der Waals surface area (Å²) in [6, 6.07) is 7.04. The smallest absolute Gasteiger partial charge is 0.310 e. The molecule has 0 unspecified atom stereocenters. The molecule has 0 aromatic heterocycles. The van der Waals surface area contributed by atoms with E-state index in [1.807, 2.05) is 6.07 Å². The highest BCUT2D eigenvalue weighted by Crippen LogP contribution is 2.30. The van der Waals surface area contributed by atoms with E-state index in [9.17, 15) is 9.90 Å². The summed E-state index contributed by atoms with van der Waals surface area (Å²) in [5.41, 5.74) is 0.973. The minimum Gasteiger partial charge on any atom is -0.508 e. The summed E-state index contributed by atoms with van der Waals surface area (Å²) >= 11 is 0. The van der Waals surface area contributed by atoms with E-state index in [-0.39, 0.29) is 23.6 Å². The molecule has 16 heavy (non-hydrogen) atoms. The van der Waals surface area contributed by atoms with Crippen LogP contribution in [0.3, 0.4) is 0 Å². The highest BCUT2D eigenvalue weighted by atomic mass is 16.5.